The molecule has 0 bridgehead atoms. The Morgan fingerprint density at radius 1 is 1.35 bits per heavy atom. The van der Waals surface area contributed by atoms with E-state index in [2.05, 4.69) is 10.3 Å². The second-order valence-electron chi connectivity index (χ2n) is 4.91. The van der Waals surface area contributed by atoms with Crippen LogP contribution in [0.5, 0.6) is 0 Å². The van der Waals surface area contributed by atoms with Crippen molar-refractivity contribution in [1.82, 2.24) is 10.3 Å². The van der Waals surface area contributed by atoms with Gasteiger partial charge in [0.2, 0.25) is 0 Å². The standard InChI is InChI=1S/C14H17FN2O2S/c1-14(19,9-18)8-16-6-12-7-20-13(17-12)10-2-4-11(15)5-3-10/h2-5,7,16,18-19H,6,8-9H2,1H3. The van der Waals surface area contributed by atoms with Gasteiger partial charge in [-0.05, 0) is 31.2 Å². The summed E-state index contributed by atoms with van der Waals surface area (Å²) in [4.78, 5) is 4.45. The third-order valence-corrected chi connectivity index (χ3v) is 3.74. The van der Waals surface area contributed by atoms with E-state index in [1.165, 1.54) is 23.5 Å². The van der Waals surface area contributed by atoms with Gasteiger partial charge >= 0.3 is 0 Å². The lowest BCUT2D eigenvalue weighted by Crippen LogP contribution is -2.40. The van der Waals surface area contributed by atoms with E-state index in [0.29, 0.717) is 6.54 Å². The molecule has 2 rings (SSSR count). The smallest absolute Gasteiger partial charge is 0.123 e. The minimum Gasteiger partial charge on any atom is -0.393 e. The average Bonchev–Trinajstić information content (AvgIpc) is 2.88. The lowest BCUT2D eigenvalue weighted by atomic mass is 10.1. The second kappa shape index (κ2) is 6.41. The number of halogens is 1. The molecule has 0 radical (unpaired) electrons. The first-order valence-corrected chi connectivity index (χ1v) is 7.12. The number of aromatic nitrogens is 1. The molecule has 1 aromatic carbocycles. The van der Waals surface area contributed by atoms with Gasteiger partial charge in [0, 0.05) is 24.0 Å². The molecule has 0 saturated heterocycles. The van der Waals surface area contributed by atoms with E-state index in [9.17, 15) is 9.50 Å². The Balaban J connectivity index is 1.94. The van der Waals surface area contributed by atoms with Crippen molar-refractivity contribution in [2.75, 3.05) is 13.2 Å². The Hall–Kier alpha value is -1.34. The topological polar surface area (TPSA) is 65.4 Å². The van der Waals surface area contributed by atoms with Crippen molar-refractivity contribution in [2.45, 2.75) is 19.1 Å². The predicted octanol–water partition coefficient (Wildman–Crippen LogP) is 1.78. The molecule has 0 amide bonds. The Morgan fingerprint density at radius 3 is 2.70 bits per heavy atom. The molecule has 0 aliphatic rings. The lowest BCUT2D eigenvalue weighted by molar-refractivity contribution is 0.00249. The van der Waals surface area contributed by atoms with Crippen molar-refractivity contribution in [3.63, 3.8) is 0 Å². The molecular weight excluding hydrogens is 279 g/mol. The third kappa shape index (κ3) is 4.08. The molecule has 4 nitrogen and oxygen atoms in total. The third-order valence-electron chi connectivity index (χ3n) is 2.80. The lowest BCUT2D eigenvalue weighted by Gasteiger charge is -2.20. The molecule has 0 spiro atoms. The molecular formula is C14H17FN2O2S. The molecule has 1 heterocycles. The molecule has 2 aromatic rings. The number of rotatable bonds is 6. The first kappa shape index (κ1) is 15.1. The maximum absolute atomic E-state index is 12.8. The van der Waals surface area contributed by atoms with Gasteiger partial charge in [0.25, 0.3) is 0 Å². The van der Waals surface area contributed by atoms with Gasteiger partial charge in [-0.25, -0.2) is 9.37 Å². The zero-order chi connectivity index (χ0) is 14.6. The summed E-state index contributed by atoms with van der Waals surface area (Å²) in [5, 5.41) is 24.4. The molecule has 1 unspecified atom stereocenters. The second-order valence-corrected chi connectivity index (χ2v) is 5.77. The highest BCUT2D eigenvalue weighted by Crippen LogP contribution is 2.23. The summed E-state index contributed by atoms with van der Waals surface area (Å²) >= 11 is 1.49. The number of aliphatic hydroxyl groups excluding tert-OH is 1. The van der Waals surface area contributed by atoms with Crippen LogP contribution in [0.2, 0.25) is 0 Å². The monoisotopic (exact) mass is 296 g/mol. The Kier molecular flexibility index (Phi) is 4.82. The number of hydrogen-bond acceptors (Lipinski definition) is 5. The minimum atomic E-state index is -1.13. The van der Waals surface area contributed by atoms with Crippen LogP contribution in [0.1, 0.15) is 12.6 Å². The first-order valence-electron chi connectivity index (χ1n) is 6.24. The van der Waals surface area contributed by atoms with Gasteiger partial charge in [-0.2, -0.15) is 0 Å². The van der Waals surface area contributed by atoms with E-state index in [0.717, 1.165) is 16.3 Å². The SMILES string of the molecule is CC(O)(CO)CNCc1csc(-c2ccc(F)cc2)n1. The zero-order valence-corrected chi connectivity index (χ0v) is 12.0. The van der Waals surface area contributed by atoms with Crippen LogP contribution >= 0.6 is 11.3 Å². The highest BCUT2D eigenvalue weighted by molar-refractivity contribution is 7.13. The molecule has 3 N–H and O–H groups in total. The quantitative estimate of drug-likeness (QED) is 0.760. The van der Waals surface area contributed by atoms with Crippen molar-refractivity contribution in [3.8, 4) is 10.6 Å². The number of nitrogens with zero attached hydrogens (tertiary/aromatic N) is 1. The Bertz CT molecular complexity index is 555. The maximum Gasteiger partial charge on any atom is 0.123 e. The number of hydrogen-bond donors (Lipinski definition) is 3. The van der Waals surface area contributed by atoms with Crippen LogP contribution in [0.3, 0.4) is 0 Å². The number of nitrogens with one attached hydrogen (secondary N) is 1. The van der Waals surface area contributed by atoms with Crippen LogP contribution in [0.15, 0.2) is 29.6 Å². The van der Waals surface area contributed by atoms with Gasteiger partial charge in [-0.1, -0.05) is 0 Å². The fourth-order valence-corrected chi connectivity index (χ4v) is 2.45. The summed E-state index contributed by atoms with van der Waals surface area (Å²) in [6.07, 6.45) is 0. The van der Waals surface area contributed by atoms with E-state index >= 15 is 0 Å². The highest BCUT2D eigenvalue weighted by atomic mass is 32.1. The van der Waals surface area contributed by atoms with Crippen LogP contribution in [0.25, 0.3) is 10.6 Å². The van der Waals surface area contributed by atoms with Gasteiger partial charge in [-0.15, -0.1) is 11.3 Å². The summed E-state index contributed by atoms with van der Waals surface area (Å²) < 4.78 is 12.8. The van der Waals surface area contributed by atoms with Gasteiger partial charge in [0.1, 0.15) is 10.8 Å². The van der Waals surface area contributed by atoms with Crippen LogP contribution < -0.4 is 5.32 Å². The van der Waals surface area contributed by atoms with Crippen LogP contribution in [0.4, 0.5) is 4.39 Å². The largest absolute Gasteiger partial charge is 0.393 e. The predicted molar refractivity (Wildman–Crippen MR) is 76.9 cm³/mol. The van der Waals surface area contributed by atoms with Gasteiger partial charge in [-0.3, -0.25) is 0 Å². The summed E-state index contributed by atoms with van der Waals surface area (Å²) in [5.41, 5.74) is 0.601. The number of thiazole rings is 1. The fraction of sp³-hybridized carbons (Fsp3) is 0.357. The van der Waals surface area contributed by atoms with Gasteiger partial charge in [0.15, 0.2) is 0 Å². The van der Waals surface area contributed by atoms with Crippen molar-refractivity contribution in [2.24, 2.45) is 0 Å². The summed E-state index contributed by atoms with van der Waals surface area (Å²) in [6.45, 7) is 2.06. The molecule has 0 fully saturated rings. The van der Waals surface area contributed by atoms with Crippen molar-refractivity contribution in [1.29, 1.82) is 0 Å². The molecule has 0 aliphatic carbocycles. The summed E-state index contributed by atoms with van der Waals surface area (Å²) in [6, 6.07) is 6.21. The van der Waals surface area contributed by atoms with Crippen LogP contribution in [-0.2, 0) is 6.54 Å². The number of aliphatic hydroxyl groups is 2. The van der Waals surface area contributed by atoms with Gasteiger partial charge < -0.3 is 15.5 Å². The van der Waals surface area contributed by atoms with Crippen molar-refractivity contribution in [3.05, 3.63) is 41.2 Å². The normalized spacial score (nSPS) is 14.2. The Labute approximate surface area is 120 Å². The molecule has 1 aromatic heterocycles. The Morgan fingerprint density at radius 2 is 2.05 bits per heavy atom. The van der Waals surface area contributed by atoms with Crippen molar-refractivity contribution >= 4 is 11.3 Å². The first-order chi connectivity index (χ1) is 9.50. The minimum absolute atomic E-state index is 0.265. The molecule has 1 atom stereocenters. The molecule has 0 aliphatic heterocycles. The molecule has 20 heavy (non-hydrogen) atoms. The van der Waals surface area contributed by atoms with Crippen LogP contribution in [0, 0.1) is 5.82 Å². The van der Waals surface area contributed by atoms with E-state index in [4.69, 9.17) is 5.11 Å². The molecule has 0 saturated carbocycles. The van der Waals surface area contributed by atoms with Crippen LogP contribution in [-0.4, -0.2) is 33.9 Å². The summed E-state index contributed by atoms with van der Waals surface area (Å²) in [5.74, 6) is -0.265. The zero-order valence-electron chi connectivity index (χ0n) is 11.1. The average molecular weight is 296 g/mol. The van der Waals surface area contributed by atoms with Crippen molar-refractivity contribution < 1.29 is 14.6 Å². The highest BCUT2D eigenvalue weighted by Gasteiger charge is 2.18. The van der Waals surface area contributed by atoms with E-state index in [1.807, 2.05) is 5.38 Å². The maximum atomic E-state index is 12.8. The molecule has 108 valence electrons. The van der Waals surface area contributed by atoms with E-state index < -0.39 is 5.60 Å². The summed E-state index contributed by atoms with van der Waals surface area (Å²) in [7, 11) is 0. The van der Waals surface area contributed by atoms with Gasteiger partial charge in [0.05, 0.1) is 17.9 Å². The van der Waals surface area contributed by atoms with E-state index in [-0.39, 0.29) is 19.0 Å². The number of benzene rings is 1. The van der Waals surface area contributed by atoms with E-state index in [1.54, 1.807) is 19.1 Å². The molecule has 6 heteroatoms. The fourth-order valence-electron chi connectivity index (χ4n) is 1.63.